The predicted octanol–water partition coefficient (Wildman–Crippen LogP) is 2.36. The summed E-state index contributed by atoms with van der Waals surface area (Å²) in [6.07, 6.45) is -1.32. The summed E-state index contributed by atoms with van der Waals surface area (Å²) < 4.78 is 36.7. The zero-order chi connectivity index (χ0) is 18.2. The van der Waals surface area contributed by atoms with E-state index in [4.69, 9.17) is 18.8 Å². The Labute approximate surface area is 148 Å². The van der Waals surface area contributed by atoms with Crippen LogP contribution in [0.2, 0.25) is 0 Å². The Bertz CT molecular complexity index is 672. The smallest absolute Gasteiger partial charge is 0.486 e. The number of hydrogen-bond acceptors (Lipinski definition) is 5. The summed E-state index contributed by atoms with van der Waals surface area (Å²) in [5.41, 5.74) is 0.170. The summed E-state index contributed by atoms with van der Waals surface area (Å²) in [5.74, 6) is 0.373. The van der Waals surface area contributed by atoms with Gasteiger partial charge in [-0.05, 0) is 45.3 Å². The second-order valence-electron chi connectivity index (χ2n) is 7.49. The van der Waals surface area contributed by atoms with Gasteiger partial charge in [-0.25, -0.2) is 4.39 Å². The fourth-order valence-corrected chi connectivity index (χ4v) is 2.84. The molecule has 1 aromatic carbocycles. The Morgan fingerprint density at radius 3 is 2.52 bits per heavy atom. The maximum atomic E-state index is 13.9. The quantitative estimate of drug-likeness (QED) is 0.786. The lowest BCUT2D eigenvalue weighted by Crippen LogP contribution is -2.41. The molecule has 0 N–H and O–H groups in total. The van der Waals surface area contributed by atoms with Crippen LogP contribution in [0.1, 0.15) is 39.7 Å². The molecule has 2 unspecified atom stereocenters. The second-order valence-corrected chi connectivity index (χ2v) is 7.49. The topological polar surface area (TPSA) is 60.7 Å². The molecule has 2 saturated heterocycles. The molecule has 2 fully saturated rings. The highest BCUT2D eigenvalue weighted by atomic mass is 19.1. The van der Waals surface area contributed by atoms with Crippen molar-refractivity contribution < 1.29 is 23.2 Å². The normalized spacial score (nSPS) is 27.8. The molecule has 5 nitrogen and oxygen atoms in total. The fourth-order valence-electron chi connectivity index (χ4n) is 2.84. The molecule has 0 radical (unpaired) electrons. The number of rotatable bonds is 3. The van der Waals surface area contributed by atoms with E-state index in [0.717, 1.165) is 5.46 Å². The van der Waals surface area contributed by atoms with Crippen molar-refractivity contribution in [2.24, 2.45) is 0 Å². The van der Waals surface area contributed by atoms with Crippen LogP contribution in [0.25, 0.3) is 0 Å². The molecule has 1 aromatic rings. The summed E-state index contributed by atoms with van der Waals surface area (Å²) >= 11 is 0. The van der Waals surface area contributed by atoms with Gasteiger partial charge in [-0.15, -0.1) is 0 Å². The number of nitrogens with zero attached hydrogens (tertiary/aromatic N) is 1. The number of alkyl halides is 1. The standard InChI is InChI=1S/C18H23BFNO4/c1-17(2)18(3,4)25-19(24-17)13-5-6-15(12(9-13)10-21)23-16-7-8-22-11-14(16)20/h5-6,9,14,16H,7-8,11H2,1-4H3. The van der Waals surface area contributed by atoms with Gasteiger partial charge in [0.1, 0.15) is 17.9 Å². The van der Waals surface area contributed by atoms with Crippen molar-refractivity contribution in [2.75, 3.05) is 13.2 Å². The average molecular weight is 347 g/mol. The number of nitriles is 1. The predicted molar refractivity (Wildman–Crippen MR) is 91.6 cm³/mol. The molecule has 3 rings (SSSR count). The van der Waals surface area contributed by atoms with Gasteiger partial charge in [-0.3, -0.25) is 0 Å². The van der Waals surface area contributed by atoms with Crippen molar-refractivity contribution in [1.29, 1.82) is 5.26 Å². The largest absolute Gasteiger partial charge is 0.494 e. The van der Waals surface area contributed by atoms with Gasteiger partial charge in [0.25, 0.3) is 0 Å². The molecule has 0 amide bonds. The highest BCUT2D eigenvalue weighted by molar-refractivity contribution is 6.62. The molecule has 0 spiro atoms. The number of hydrogen-bond donors (Lipinski definition) is 0. The summed E-state index contributed by atoms with van der Waals surface area (Å²) in [4.78, 5) is 0. The third-order valence-corrected chi connectivity index (χ3v) is 5.16. The molecule has 2 aliphatic heterocycles. The van der Waals surface area contributed by atoms with Gasteiger partial charge >= 0.3 is 7.12 Å². The molecule has 134 valence electrons. The van der Waals surface area contributed by atoms with Crippen LogP contribution in [-0.2, 0) is 14.0 Å². The lowest BCUT2D eigenvalue weighted by atomic mass is 9.78. The van der Waals surface area contributed by atoms with Crippen molar-refractivity contribution in [3.05, 3.63) is 23.8 Å². The Kier molecular flexibility index (Phi) is 4.80. The molecule has 0 aromatic heterocycles. The SMILES string of the molecule is CC1(C)OB(c2ccc(OC3CCOCC3F)c(C#N)c2)OC1(C)C. The molecule has 7 heteroatoms. The van der Waals surface area contributed by atoms with Gasteiger partial charge < -0.3 is 18.8 Å². The van der Waals surface area contributed by atoms with Crippen LogP contribution >= 0.6 is 0 Å². The van der Waals surface area contributed by atoms with Gasteiger partial charge in [0.15, 0.2) is 6.17 Å². The molecule has 2 heterocycles. The van der Waals surface area contributed by atoms with E-state index in [1.165, 1.54) is 0 Å². The van der Waals surface area contributed by atoms with Crippen molar-refractivity contribution in [3.63, 3.8) is 0 Å². The first-order chi connectivity index (χ1) is 11.7. The molecular weight excluding hydrogens is 324 g/mol. The van der Waals surface area contributed by atoms with E-state index in [0.29, 0.717) is 24.3 Å². The van der Waals surface area contributed by atoms with E-state index in [2.05, 4.69) is 6.07 Å². The Morgan fingerprint density at radius 2 is 1.92 bits per heavy atom. The van der Waals surface area contributed by atoms with Crippen LogP contribution in [0.3, 0.4) is 0 Å². The average Bonchev–Trinajstić information content (AvgIpc) is 2.78. The molecule has 0 bridgehead atoms. The maximum absolute atomic E-state index is 13.9. The lowest BCUT2D eigenvalue weighted by Gasteiger charge is -2.32. The van der Waals surface area contributed by atoms with E-state index in [-0.39, 0.29) is 6.61 Å². The Morgan fingerprint density at radius 1 is 1.24 bits per heavy atom. The van der Waals surface area contributed by atoms with E-state index >= 15 is 0 Å². The van der Waals surface area contributed by atoms with E-state index in [1.807, 2.05) is 27.7 Å². The second kappa shape index (κ2) is 6.60. The van der Waals surface area contributed by atoms with Gasteiger partial charge in [0, 0.05) is 6.42 Å². The van der Waals surface area contributed by atoms with Crippen molar-refractivity contribution in [3.8, 4) is 11.8 Å². The van der Waals surface area contributed by atoms with Crippen LogP contribution in [0.15, 0.2) is 18.2 Å². The fraction of sp³-hybridized carbons (Fsp3) is 0.611. The summed E-state index contributed by atoms with van der Waals surface area (Å²) in [5, 5.41) is 9.46. The summed E-state index contributed by atoms with van der Waals surface area (Å²) in [6.45, 7) is 8.38. The van der Waals surface area contributed by atoms with Crippen LogP contribution in [0.5, 0.6) is 5.75 Å². The van der Waals surface area contributed by atoms with Gasteiger partial charge in [0.05, 0.1) is 30.0 Å². The lowest BCUT2D eigenvalue weighted by molar-refractivity contribution is -0.0383. The van der Waals surface area contributed by atoms with Crippen molar-refractivity contribution in [1.82, 2.24) is 0 Å². The van der Waals surface area contributed by atoms with Crippen LogP contribution in [0, 0.1) is 11.3 Å². The number of ether oxygens (including phenoxy) is 2. The highest BCUT2D eigenvalue weighted by Gasteiger charge is 2.51. The summed E-state index contributed by atoms with van der Waals surface area (Å²) in [6, 6.07) is 7.28. The first-order valence-corrected chi connectivity index (χ1v) is 8.52. The number of halogens is 1. The van der Waals surface area contributed by atoms with Crippen LogP contribution in [0.4, 0.5) is 4.39 Å². The minimum absolute atomic E-state index is 0.0263. The molecule has 2 atom stereocenters. The Hall–Kier alpha value is -1.62. The highest BCUT2D eigenvalue weighted by Crippen LogP contribution is 2.36. The number of benzene rings is 1. The first kappa shape index (κ1) is 18.2. The maximum Gasteiger partial charge on any atom is 0.494 e. The van der Waals surface area contributed by atoms with Crippen molar-refractivity contribution >= 4 is 12.6 Å². The first-order valence-electron chi connectivity index (χ1n) is 8.52. The molecule has 2 aliphatic rings. The summed E-state index contributed by atoms with van der Waals surface area (Å²) in [7, 11) is -0.553. The Balaban J connectivity index is 1.80. The molecular formula is C18H23BFNO4. The molecule has 0 aliphatic carbocycles. The molecule has 0 saturated carbocycles. The zero-order valence-electron chi connectivity index (χ0n) is 15.0. The zero-order valence-corrected chi connectivity index (χ0v) is 15.0. The van der Waals surface area contributed by atoms with E-state index < -0.39 is 30.6 Å². The monoisotopic (exact) mass is 347 g/mol. The van der Waals surface area contributed by atoms with E-state index in [9.17, 15) is 9.65 Å². The minimum atomic E-state index is -1.19. The van der Waals surface area contributed by atoms with Gasteiger partial charge in [0.2, 0.25) is 0 Å². The minimum Gasteiger partial charge on any atom is -0.486 e. The van der Waals surface area contributed by atoms with Crippen LogP contribution < -0.4 is 10.2 Å². The third kappa shape index (κ3) is 3.52. The van der Waals surface area contributed by atoms with Crippen molar-refractivity contribution in [2.45, 2.75) is 57.6 Å². The van der Waals surface area contributed by atoms with Crippen LogP contribution in [-0.4, -0.2) is 43.8 Å². The third-order valence-electron chi connectivity index (χ3n) is 5.16. The molecule has 25 heavy (non-hydrogen) atoms. The van der Waals surface area contributed by atoms with Gasteiger partial charge in [-0.1, -0.05) is 6.07 Å². The van der Waals surface area contributed by atoms with E-state index in [1.54, 1.807) is 18.2 Å². The van der Waals surface area contributed by atoms with Gasteiger partial charge in [-0.2, -0.15) is 5.26 Å².